The summed E-state index contributed by atoms with van der Waals surface area (Å²) >= 11 is 0. The fourth-order valence-corrected chi connectivity index (χ4v) is 4.63. The van der Waals surface area contributed by atoms with Crippen LogP contribution < -0.4 is 9.47 Å². The highest BCUT2D eigenvalue weighted by molar-refractivity contribution is 7.89. The minimum absolute atomic E-state index is 0.0861. The minimum atomic E-state index is -3.71. The predicted octanol–water partition coefficient (Wildman–Crippen LogP) is -0.0303. The van der Waals surface area contributed by atoms with Gasteiger partial charge in [0.25, 0.3) is 0 Å². The molecule has 0 bridgehead atoms. The van der Waals surface area contributed by atoms with Gasteiger partial charge >= 0.3 is 0 Å². The molecule has 0 atom stereocenters. The fourth-order valence-electron chi connectivity index (χ4n) is 2.37. The minimum Gasteiger partial charge on any atom is -0.493 e. The van der Waals surface area contributed by atoms with Crippen molar-refractivity contribution in [2.75, 3.05) is 46.7 Å². The Kier molecular flexibility index (Phi) is 5.19. The van der Waals surface area contributed by atoms with E-state index in [1.54, 1.807) is 0 Å². The maximum atomic E-state index is 12.7. The number of piperazine rings is 1. The van der Waals surface area contributed by atoms with E-state index in [9.17, 15) is 16.8 Å². The van der Waals surface area contributed by atoms with E-state index in [0.717, 1.165) is 6.26 Å². The first kappa shape index (κ1) is 18.0. The van der Waals surface area contributed by atoms with Gasteiger partial charge in [0.1, 0.15) is 0 Å². The third-order valence-corrected chi connectivity index (χ3v) is 6.86. The summed E-state index contributed by atoms with van der Waals surface area (Å²) in [6.45, 7) is 0.518. The second-order valence-electron chi connectivity index (χ2n) is 5.08. The molecular formula is C13H20N2O6S2. The Morgan fingerprint density at radius 3 is 1.87 bits per heavy atom. The molecule has 0 amide bonds. The molecule has 1 saturated heterocycles. The molecule has 23 heavy (non-hydrogen) atoms. The molecular weight excluding hydrogens is 344 g/mol. The lowest BCUT2D eigenvalue weighted by molar-refractivity contribution is 0.274. The van der Waals surface area contributed by atoms with E-state index in [0.29, 0.717) is 11.5 Å². The second-order valence-corrected chi connectivity index (χ2v) is 9.00. The van der Waals surface area contributed by atoms with Crippen molar-refractivity contribution in [1.82, 2.24) is 8.61 Å². The fraction of sp³-hybridized carbons (Fsp3) is 0.538. The van der Waals surface area contributed by atoms with Crippen LogP contribution in [0.5, 0.6) is 11.5 Å². The van der Waals surface area contributed by atoms with Crippen LogP contribution in [-0.2, 0) is 20.0 Å². The van der Waals surface area contributed by atoms with Crippen LogP contribution in [-0.4, -0.2) is 72.1 Å². The number of benzene rings is 1. The molecule has 1 heterocycles. The molecule has 10 heteroatoms. The normalized spacial score (nSPS) is 17.9. The van der Waals surface area contributed by atoms with Gasteiger partial charge in [0.2, 0.25) is 20.0 Å². The smallest absolute Gasteiger partial charge is 0.243 e. The zero-order chi connectivity index (χ0) is 17.3. The van der Waals surface area contributed by atoms with Crippen LogP contribution in [0.25, 0.3) is 0 Å². The van der Waals surface area contributed by atoms with Gasteiger partial charge in [-0.05, 0) is 12.1 Å². The predicted molar refractivity (Wildman–Crippen MR) is 84.7 cm³/mol. The van der Waals surface area contributed by atoms with Crippen molar-refractivity contribution in [3.63, 3.8) is 0 Å². The molecule has 2 rings (SSSR count). The molecule has 0 aliphatic carbocycles. The number of rotatable bonds is 5. The molecule has 8 nitrogen and oxygen atoms in total. The van der Waals surface area contributed by atoms with Gasteiger partial charge in [-0.1, -0.05) is 0 Å². The van der Waals surface area contributed by atoms with E-state index in [1.165, 1.54) is 41.0 Å². The molecule has 0 radical (unpaired) electrons. The lowest BCUT2D eigenvalue weighted by Gasteiger charge is -2.32. The first-order chi connectivity index (χ1) is 10.7. The summed E-state index contributed by atoms with van der Waals surface area (Å²) in [5, 5.41) is 0. The Hall–Kier alpha value is -1.36. The molecule has 1 aromatic rings. The molecule has 1 aromatic carbocycles. The Morgan fingerprint density at radius 1 is 0.870 bits per heavy atom. The maximum absolute atomic E-state index is 12.7. The zero-order valence-electron chi connectivity index (χ0n) is 13.2. The number of sulfonamides is 2. The van der Waals surface area contributed by atoms with Crippen molar-refractivity contribution < 1.29 is 26.3 Å². The lowest BCUT2D eigenvalue weighted by atomic mass is 10.3. The standard InChI is InChI=1S/C13H20N2O6S2/c1-20-12-5-4-11(10-13(12)21-2)23(18,19)15-8-6-14(7-9-15)22(3,16)17/h4-5,10H,6-9H2,1-3H3. The maximum Gasteiger partial charge on any atom is 0.243 e. The summed E-state index contributed by atoms with van der Waals surface area (Å²) in [4.78, 5) is 0.0861. The monoisotopic (exact) mass is 364 g/mol. The van der Waals surface area contributed by atoms with Gasteiger partial charge in [0.15, 0.2) is 11.5 Å². The third kappa shape index (κ3) is 3.77. The summed E-state index contributed by atoms with van der Waals surface area (Å²) in [5.41, 5.74) is 0. The second kappa shape index (κ2) is 6.63. The SMILES string of the molecule is COc1ccc(S(=O)(=O)N2CCN(S(C)(=O)=O)CC2)cc1OC. The topological polar surface area (TPSA) is 93.2 Å². The van der Waals surface area contributed by atoms with Crippen molar-refractivity contribution in [3.05, 3.63) is 18.2 Å². The Morgan fingerprint density at radius 2 is 1.39 bits per heavy atom. The van der Waals surface area contributed by atoms with Gasteiger partial charge in [-0.25, -0.2) is 16.8 Å². The number of hydrogen-bond acceptors (Lipinski definition) is 6. The van der Waals surface area contributed by atoms with Crippen molar-refractivity contribution in [2.24, 2.45) is 0 Å². The molecule has 0 aromatic heterocycles. The lowest BCUT2D eigenvalue weighted by Crippen LogP contribution is -2.50. The molecule has 1 aliphatic rings. The van der Waals surface area contributed by atoms with Crippen LogP contribution >= 0.6 is 0 Å². The Balaban J connectivity index is 2.23. The average molecular weight is 364 g/mol. The van der Waals surface area contributed by atoms with Crippen LogP contribution in [0.15, 0.2) is 23.1 Å². The van der Waals surface area contributed by atoms with Crippen molar-refractivity contribution in [3.8, 4) is 11.5 Å². The van der Waals surface area contributed by atoms with Crippen molar-refractivity contribution in [1.29, 1.82) is 0 Å². The number of hydrogen-bond donors (Lipinski definition) is 0. The third-order valence-electron chi connectivity index (χ3n) is 3.66. The molecule has 0 spiro atoms. The van der Waals surface area contributed by atoms with E-state index >= 15 is 0 Å². The molecule has 1 fully saturated rings. The van der Waals surface area contributed by atoms with Crippen molar-refractivity contribution in [2.45, 2.75) is 4.90 Å². The first-order valence-electron chi connectivity index (χ1n) is 6.87. The van der Waals surface area contributed by atoms with Crippen LogP contribution in [0, 0.1) is 0 Å². The van der Waals surface area contributed by atoms with E-state index in [2.05, 4.69) is 0 Å². The van der Waals surface area contributed by atoms with E-state index < -0.39 is 20.0 Å². The van der Waals surface area contributed by atoms with E-state index in [4.69, 9.17) is 9.47 Å². The number of ether oxygens (including phenoxy) is 2. The van der Waals surface area contributed by atoms with E-state index in [-0.39, 0.29) is 31.1 Å². The first-order valence-corrected chi connectivity index (χ1v) is 10.2. The van der Waals surface area contributed by atoms with Gasteiger partial charge < -0.3 is 9.47 Å². The Labute approximate surface area is 136 Å². The van der Waals surface area contributed by atoms with Gasteiger partial charge in [-0.2, -0.15) is 8.61 Å². The average Bonchev–Trinajstić information content (AvgIpc) is 2.53. The summed E-state index contributed by atoms with van der Waals surface area (Å²) in [6, 6.07) is 4.37. The highest BCUT2D eigenvalue weighted by Crippen LogP contribution is 2.30. The highest BCUT2D eigenvalue weighted by Gasteiger charge is 2.31. The van der Waals surface area contributed by atoms with Crippen LogP contribution in [0.3, 0.4) is 0 Å². The number of methoxy groups -OCH3 is 2. The van der Waals surface area contributed by atoms with Crippen LogP contribution in [0.2, 0.25) is 0 Å². The summed E-state index contributed by atoms with van der Waals surface area (Å²) < 4.78 is 61.1. The Bertz CT molecular complexity index is 768. The van der Waals surface area contributed by atoms with Crippen molar-refractivity contribution >= 4 is 20.0 Å². The summed E-state index contributed by atoms with van der Waals surface area (Å²) in [5.74, 6) is 0.761. The van der Waals surface area contributed by atoms with Gasteiger partial charge in [0.05, 0.1) is 25.4 Å². The molecule has 0 N–H and O–H groups in total. The molecule has 1 aliphatic heterocycles. The molecule has 0 saturated carbocycles. The summed E-state index contributed by atoms with van der Waals surface area (Å²) in [7, 11) is -4.12. The largest absolute Gasteiger partial charge is 0.493 e. The zero-order valence-corrected chi connectivity index (χ0v) is 14.9. The van der Waals surface area contributed by atoms with Gasteiger partial charge in [-0.15, -0.1) is 0 Å². The highest BCUT2D eigenvalue weighted by atomic mass is 32.2. The number of nitrogens with zero attached hydrogens (tertiary/aromatic N) is 2. The van der Waals surface area contributed by atoms with Gasteiger partial charge in [0, 0.05) is 32.2 Å². The van der Waals surface area contributed by atoms with E-state index in [1.807, 2.05) is 0 Å². The van der Waals surface area contributed by atoms with Crippen LogP contribution in [0.1, 0.15) is 0 Å². The molecule has 0 unspecified atom stereocenters. The van der Waals surface area contributed by atoms with Crippen LogP contribution in [0.4, 0.5) is 0 Å². The summed E-state index contributed by atoms with van der Waals surface area (Å²) in [6.07, 6.45) is 1.12. The van der Waals surface area contributed by atoms with Gasteiger partial charge in [-0.3, -0.25) is 0 Å². The quantitative estimate of drug-likeness (QED) is 0.728. The molecule has 130 valence electrons.